The summed E-state index contributed by atoms with van der Waals surface area (Å²) in [5.41, 5.74) is 16.5. The lowest BCUT2D eigenvalue weighted by Gasteiger charge is -2.29. The number of hydrogen-bond acceptors (Lipinski definition) is 13. The number of benzene rings is 1. The fourth-order valence-electron chi connectivity index (χ4n) is 7.45. The summed E-state index contributed by atoms with van der Waals surface area (Å²) in [6, 6.07) is -2.74. The van der Waals surface area contributed by atoms with E-state index in [2.05, 4.69) is 47.9 Å². The molecule has 1 saturated carbocycles. The molecule has 1 saturated heterocycles. The number of amides is 12. The maximum atomic E-state index is 14.0. The van der Waals surface area contributed by atoms with Crippen LogP contribution >= 0.6 is 0 Å². The first kappa shape index (κ1) is 57.0. The minimum Gasteiger partial charge on any atom is -0.508 e. The largest absolute Gasteiger partial charge is 0.508 e. The second-order valence-electron chi connectivity index (χ2n) is 17.8. The summed E-state index contributed by atoms with van der Waals surface area (Å²) >= 11 is 0. The molecule has 0 spiro atoms. The summed E-state index contributed by atoms with van der Waals surface area (Å²) in [6.45, 7) is 5.96. The SMILES string of the molecule is CC[C@H](C)[C@@H]1NC(=O)[C@H](Cc2ccc(O)cc2)NC(=O)CCC(=O)NC[C@@H](C(=O)NCCC2C[C@@H]2C(=O)N[C@H](C(=O)NCC(N)=O)[C@@H](C)CC)NC(=O)[C@H](CC(N)=O)NC(=O)[C@H](CCC(N)=O)NC1=O. The van der Waals surface area contributed by atoms with Gasteiger partial charge < -0.3 is 70.2 Å². The third-order valence-corrected chi connectivity index (χ3v) is 12.2. The Hall–Kier alpha value is -7.34. The maximum absolute atomic E-state index is 14.0. The van der Waals surface area contributed by atoms with Crippen molar-refractivity contribution in [3.8, 4) is 5.75 Å². The second-order valence-corrected chi connectivity index (χ2v) is 17.8. The number of carbonyl (C=O) groups is 12. The first-order valence-corrected chi connectivity index (χ1v) is 23.3. The van der Waals surface area contributed by atoms with Crippen LogP contribution in [0.25, 0.3) is 0 Å². The number of phenols is 1. The molecule has 0 bridgehead atoms. The van der Waals surface area contributed by atoms with Crippen LogP contribution in [0.5, 0.6) is 5.75 Å². The third-order valence-electron chi connectivity index (χ3n) is 12.2. The molecule has 2 aliphatic rings. The zero-order chi connectivity index (χ0) is 52.2. The zero-order valence-electron chi connectivity index (χ0n) is 39.9. The minimum atomic E-state index is -1.77. The Morgan fingerprint density at radius 3 is 1.94 bits per heavy atom. The smallest absolute Gasteiger partial charge is 0.244 e. The van der Waals surface area contributed by atoms with Crippen LogP contribution in [0.2, 0.25) is 0 Å². The molecule has 25 nitrogen and oxygen atoms in total. The van der Waals surface area contributed by atoms with E-state index >= 15 is 0 Å². The number of carbonyl (C=O) groups excluding carboxylic acids is 12. The molecule has 1 aliphatic heterocycles. The van der Waals surface area contributed by atoms with Crippen molar-refractivity contribution >= 4 is 70.9 Å². The van der Waals surface area contributed by atoms with Crippen LogP contribution in [0, 0.1) is 23.7 Å². The molecule has 25 heteroatoms. The van der Waals surface area contributed by atoms with Gasteiger partial charge in [0.25, 0.3) is 0 Å². The van der Waals surface area contributed by atoms with Crippen LogP contribution in [-0.2, 0) is 64.0 Å². The Balaban J connectivity index is 1.89. The van der Waals surface area contributed by atoms with E-state index in [1.807, 2.05) is 6.92 Å². The molecule has 1 heterocycles. The van der Waals surface area contributed by atoms with Gasteiger partial charge >= 0.3 is 0 Å². The van der Waals surface area contributed by atoms with Gasteiger partial charge in [-0.05, 0) is 54.7 Å². The van der Waals surface area contributed by atoms with Gasteiger partial charge in [-0.25, -0.2) is 0 Å². The lowest BCUT2D eigenvalue weighted by atomic mass is 9.96. The Labute approximate surface area is 404 Å². The highest BCUT2D eigenvalue weighted by Gasteiger charge is 2.44. The van der Waals surface area contributed by atoms with E-state index in [-0.39, 0.29) is 37.0 Å². The predicted octanol–water partition coefficient (Wildman–Crippen LogP) is -4.27. The highest BCUT2D eigenvalue weighted by Crippen LogP contribution is 2.41. The van der Waals surface area contributed by atoms with Crippen LogP contribution in [-0.4, -0.2) is 132 Å². The molecule has 2 fully saturated rings. The fourth-order valence-corrected chi connectivity index (χ4v) is 7.45. The predicted molar refractivity (Wildman–Crippen MR) is 248 cm³/mol. The lowest BCUT2D eigenvalue weighted by molar-refractivity contribution is -0.136. The Morgan fingerprint density at radius 2 is 1.33 bits per heavy atom. The van der Waals surface area contributed by atoms with E-state index in [0.29, 0.717) is 24.8 Å². The van der Waals surface area contributed by atoms with Crippen molar-refractivity contribution in [1.29, 1.82) is 0 Å². The molecule has 1 aliphatic carbocycles. The Bertz CT molecular complexity index is 2100. The number of hydrogen-bond donors (Lipinski definition) is 13. The van der Waals surface area contributed by atoms with Crippen LogP contribution in [0.1, 0.15) is 91.0 Å². The van der Waals surface area contributed by atoms with Gasteiger partial charge in [-0.15, -0.1) is 0 Å². The number of rotatable bonds is 20. The van der Waals surface area contributed by atoms with Crippen LogP contribution in [0.15, 0.2) is 24.3 Å². The van der Waals surface area contributed by atoms with Gasteiger partial charge in [0.1, 0.15) is 42.0 Å². The summed E-state index contributed by atoms with van der Waals surface area (Å²) < 4.78 is 0. The molecule has 386 valence electrons. The number of nitrogens with one attached hydrogen (secondary N) is 9. The molecule has 3 rings (SSSR count). The fraction of sp³-hybridized carbons (Fsp3) is 0.600. The average Bonchev–Trinajstić information content (AvgIpc) is 4.09. The minimum absolute atomic E-state index is 0.0269. The second kappa shape index (κ2) is 27.6. The normalized spacial score (nSPS) is 24.0. The van der Waals surface area contributed by atoms with Gasteiger partial charge in [-0.3, -0.25) is 57.5 Å². The topological polar surface area (TPSA) is 411 Å². The van der Waals surface area contributed by atoms with Crippen molar-refractivity contribution in [2.75, 3.05) is 19.6 Å². The van der Waals surface area contributed by atoms with Crippen molar-refractivity contribution in [1.82, 2.24) is 47.9 Å². The zero-order valence-corrected chi connectivity index (χ0v) is 39.9. The molecular formula is C45H68N12O13. The number of primary amides is 3. The molecule has 10 atom stereocenters. The van der Waals surface area contributed by atoms with Gasteiger partial charge in [0, 0.05) is 44.7 Å². The molecule has 1 aromatic rings. The average molecular weight is 985 g/mol. The maximum Gasteiger partial charge on any atom is 0.244 e. The van der Waals surface area contributed by atoms with Crippen molar-refractivity contribution in [2.24, 2.45) is 40.9 Å². The number of phenolic OH excluding ortho intramolecular Hbond substituents is 1. The Morgan fingerprint density at radius 1 is 0.700 bits per heavy atom. The van der Waals surface area contributed by atoms with Crippen LogP contribution in [0.3, 0.4) is 0 Å². The summed E-state index contributed by atoms with van der Waals surface area (Å²) in [7, 11) is 0. The quantitative estimate of drug-likeness (QED) is 0.0590. The summed E-state index contributed by atoms with van der Waals surface area (Å²) in [5.74, 6) is -11.5. The van der Waals surface area contributed by atoms with E-state index in [0.717, 1.165) is 0 Å². The highest BCUT2D eigenvalue weighted by atomic mass is 16.3. The molecule has 16 N–H and O–H groups in total. The molecule has 1 aromatic carbocycles. The van der Waals surface area contributed by atoms with Gasteiger partial charge in [-0.1, -0.05) is 52.7 Å². The third kappa shape index (κ3) is 19.0. The van der Waals surface area contributed by atoms with E-state index in [1.54, 1.807) is 20.8 Å². The van der Waals surface area contributed by atoms with E-state index in [9.17, 15) is 62.6 Å². The molecule has 1 unspecified atom stereocenters. The van der Waals surface area contributed by atoms with Gasteiger partial charge in [0.2, 0.25) is 70.9 Å². The van der Waals surface area contributed by atoms with E-state index in [4.69, 9.17) is 17.2 Å². The number of nitrogens with two attached hydrogens (primary N) is 3. The van der Waals surface area contributed by atoms with Gasteiger partial charge in [-0.2, -0.15) is 0 Å². The van der Waals surface area contributed by atoms with Crippen LogP contribution < -0.4 is 65.1 Å². The summed E-state index contributed by atoms with van der Waals surface area (Å²) in [4.78, 5) is 157. The van der Waals surface area contributed by atoms with E-state index in [1.165, 1.54) is 24.3 Å². The summed E-state index contributed by atoms with van der Waals surface area (Å²) in [5, 5.41) is 32.6. The monoisotopic (exact) mass is 985 g/mol. The lowest BCUT2D eigenvalue weighted by Crippen LogP contribution is -2.61. The molecular weight excluding hydrogens is 917 g/mol. The van der Waals surface area contributed by atoms with Gasteiger partial charge in [0.05, 0.1) is 13.0 Å². The van der Waals surface area contributed by atoms with Crippen molar-refractivity contribution < 1.29 is 62.6 Å². The molecule has 0 radical (unpaired) electrons. The first-order chi connectivity index (χ1) is 33.0. The first-order valence-electron chi connectivity index (χ1n) is 23.3. The van der Waals surface area contributed by atoms with Crippen molar-refractivity contribution in [3.63, 3.8) is 0 Å². The number of aromatic hydroxyl groups is 1. The molecule has 12 amide bonds. The van der Waals surface area contributed by atoms with Gasteiger partial charge in [0.15, 0.2) is 0 Å². The molecule has 0 aromatic heterocycles. The van der Waals surface area contributed by atoms with E-state index < -0.39 is 164 Å². The highest BCUT2D eigenvalue weighted by molar-refractivity contribution is 5.98. The standard InChI is InChI=1S/C45H68N12O13/c1-5-22(3)37(44(69)51-21-34(48)61)56-39(64)27-18-25(27)15-16-49-40(65)31-20-50-35(62)13-14-36(63)52-29(17-24-7-9-26(58)10-8-24)43(68)57-38(23(4)6-2)45(70)53-28(11-12-32(46)59)41(66)54-30(19-33(47)60)42(67)55-31/h7-10,22-23,25,27-31,37-38,58H,5-6,11-21H2,1-4H3,(H2,46,59)(H2,47,60)(H2,48,61)(H,49,65)(H,50,62)(H,51,69)(H,52,63)(H,53,70)(H,54,66)(H,55,67)(H,56,64)(H,57,68)/t22-,23-,25?,27-,28-,29-,30-,31-,37-,38-/m0/s1. The van der Waals surface area contributed by atoms with Crippen molar-refractivity contribution in [3.05, 3.63) is 29.8 Å². The Kier molecular flexibility index (Phi) is 22.5. The van der Waals surface area contributed by atoms with Crippen LogP contribution in [0.4, 0.5) is 0 Å². The summed E-state index contributed by atoms with van der Waals surface area (Å²) in [6.07, 6.45) is -1.11. The molecule has 70 heavy (non-hydrogen) atoms. The van der Waals surface area contributed by atoms with Crippen molar-refractivity contribution in [2.45, 2.75) is 128 Å².